The molecule has 3 rings (SSSR count). The van der Waals surface area contributed by atoms with Crippen LogP contribution in [0.2, 0.25) is 0 Å². The molecule has 0 bridgehead atoms. The van der Waals surface area contributed by atoms with Crippen LogP contribution in [0.1, 0.15) is 25.3 Å². The number of methoxy groups -OCH3 is 2. The predicted octanol–water partition coefficient (Wildman–Crippen LogP) is 3.44. The van der Waals surface area contributed by atoms with Gasteiger partial charge in [-0.25, -0.2) is 0 Å². The van der Waals surface area contributed by atoms with E-state index in [1.807, 2.05) is 32.2 Å². The summed E-state index contributed by atoms with van der Waals surface area (Å²) >= 11 is 0. The van der Waals surface area contributed by atoms with E-state index in [4.69, 9.17) is 14.2 Å². The van der Waals surface area contributed by atoms with E-state index in [1.54, 1.807) is 14.2 Å². The van der Waals surface area contributed by atoms with E-state index in [9.17, 15) is 0 Å². The molecule has 2 aromatic rings. The molecule has 2 N–H and O–H groups in total. The fourth-order valence-electron chi connectivity index (χ4n) is 3.74. The van der Waals surface area contributed by atoms with Crippen molar-refractivity contribution in [3.05, 3.63) is 48.0 Å². The van der Waals surface area contributed by atoms with Gasteiger partial charge in [0.15, 0.2) is 5.96 Å². The van der Waals surface area contributed by atoms with Crippen molar-refractivity contribution in [1.29, 1.82) is 0 Å². The van der Waals surface area contributed by atoms with Crippen molar-refractivity contribution in [2.24, 2.45) is 4.99 Å². The molecule has 1 aliphatic rings. The molecule has 7 heteroatoms. The van der Waals surface area contributed by atoms with Crippen LogP contribution in [0, 0.1) is 0 Å². The zero-order valence-corrected chi connectivity index (χ0v) is 19.0. The SMILES string of the molecule is CCOc1cccc(CNC(=NC)NC2CCN(c3cc(OC)cc(OC)c3)CC2)c1. The number of rotatable bonds is 8. The molecule has 1 aliphatic heterocycles. The van der Waals surface area contributed by atoms with Crippen LogP contribution >= 0.6 is 0 Å². The highest BCUT2D eigenvalue weighted by molar-refractivity contribution is 5.80. The molecule has 0 atom stereocenters. The highest BCUT2D eigenvalue weighted by Gasteiger charge is 2.21. The number of guanidine groups is 1. The van der Waals surface area contributed by atoms with Crippen molar-refractivity contribution >= 4 is 11.6 Å². The van der Waals surface area contributed by atoms with Crippen LogP contribution in [-0.2, 0) is 6.54 Å². The van der Waals surface area contributed by atoms with Crippen LogP contribution in [0.5, 0.6) is 17.2 Å². The lowest BCUT2D eigenvalue weighted by molar-refractivity contribution is 0.340. The van der Waals surface area contributed by atoms with Crippen LogP contribution in [0.25, 0.3) is 0 Å². The Bertz CT molecular complexity index is 841. The first-order valence-electron chi connectivity index (χ1n) is 10.8. The molecule has 0 aliphatic carbocycles. The first-order valence-corrected chi connectivity index (χ1v) is 10.8. The molecule has 0 unspecified atom stereocenters. The average Bonchev–Trinajstić information content (AvgIpc) is 2.82. The Hall–Kier alpha value is -3.09. The summed E-state index contributed by atoms with van der Waals surface area (Å²) in [5.41, 5.74) is 2.29. The Kier molecular flexibility index (Phi) is 8.27. The van der Waals surface area contributed by atoms with Gasteiger partial charge in [-0.15, -0.1) is 0 Å². The lowest BCUT2D eigenvalue weighted by atomic mass is 10.0. The number of nitrogens with one attached hydrogen (secondary N) is 2. The average molecular weight is 427 g/mol. The fraction of sp³-hybridized carbons (Fsp3) is 0.458. The van der Waals surface area contributed by atoms with Crippen LogP contribution < -0.4 is 29.7 Å². The molecular weight excluding hydrogens is 392 g/mol. The first kappa shape index (κ1) is 22.6. The molecule has 0 saturated carbocycles. The largest absolute Gasteiger partial charge is 0.497 e. The van der Waals surface area contributed by atoms with Gasteiger partial charge in [0.25, 0.3) is 0 Å². The molecule has 0 aromatic heterocycles. The second kappa shape index (κ2) is 11.3. The van der Waals surface area contributed by atoms with Crippen LogP contribution in [-0.4, -0.2) is 53.0 Å². The number of ether oxygens (including phenoxy) is 3. The van der Waals surface area contributed by atoms with Gasteiger partial charge in [-0.3, -0.25) is 4.99 Å². The summed E-state index contributed by atoms with van der Waals surface area (Å²) in [5, 5.41) is 6.98. The van der Waals surface area contributed by atoms with E-state index in [2.05, 4.69) is 44.8 Å². The monoisotopic (exact) mass is 426 g/mol. The number of aliphatic imine (C=N–C) groups is 1. The molecule has 168 valence electrons. The quantitative estimate of drug-likeness (QED) is 0.498. The lowest BCUT2D eigenvalue weighted by Gasteiger charge is -2.34. The summed E-state index contributed by atoms with van der Waals surface area (Å²) in [6.07, 6.45) is 2.06. The Morgan fingerprint density at radius 2 is 1.74 bits per heavy atom. The van der Waals surface area contributed by atoms with Crippen molar-refractivity contribution in [3.63, 3.8) is 0 Å². The zero-order valence-electron chi connectivity index (χ0n) is 19.0. The smallest absolute Gasteiger partial charge is 0.191 e. The fourth-order valence-corrected chi connectivity index (χ4v) is 3.74. The Morgan fingerprint density at radius 3 is 2.35 bits per heavy atom. The van der Waals surface area contributed by atoms with Gasteiger partial charge in [-0.1, -0.05) is 12.1 Å². The molecule has 7 nitrogen and oxygen atoms in total. The number of piperidine rings is 1. The maximum absolute atomic E-state index is 5.58. The molecule has 1 fully saturated rings. The highest BCUT2D eigenvalue weighted by Crippen LogP contribution is 2.30. The molecule has 1 saturated heterocycles. The Labute approximate surface area is 185 Å². The summed E-state index contributed by atoms with van der Waals surface area (Å²) in [4.78, 5) is 6.77. The van der Waals surface area contributed by atoms with Crippen LogP contribution in [0.15, 0.2) is 47.5 Å². The lowest BCUT2D eigenvalue weighted by Crippen LogP contribution is -2.48. The number of nitrogens with zero attached hydrogens (tertiary/aromatic N) is 2. The van der Waals surface area contributed by atoms with E-state index in [1.165, 1.54) is 0 Å². The Morgan fingerprint density at radius 1 is 1.03 bits per heavy atom. The van der Waals surface area contributed by atoms with Crippen molar-refractivity contribution in [2.75, 3.05) is 45.9 Å². The van der Waals surface area contributed by atoms with E-state index in [0.29, 0.717) is 19.2 Å². The number of hydrogen-bond acceptors (Lipinski definition) is 5. The van der Waals surface area contributed by atoms with Crippen LogP contribution in [0.4, 0.5) is 5.69 Å². The van der Waals surface area contributed by atoms with E-state index in [-0.39, 0.29) is 0 Å². The van der Waals surface area contributed by atoms with Gasteiger partial charge in [0.05, 0.1) is 20.8 Å². The maximum Gasteiger partial charge on any atom is 0.191 e. The maximum atomic E-state index is 5.58. The third-order valence-corrected chi connectivity index (χ3v) is 5.43. The van der Waals surface area contributed by atoms with Crippen molar-refractivity contribution < 1.29 is 14.2 Å². The summed E-state index contributed by atoms with van der Waals surface area (Å²) in [5.74, 6) is 3.34. The van der Waals surface area contributed by atoms with Crippen molar-refractivity contribution in [1.82, 2.24) is 10.6 Å². The molecule has 0 spiro atoms. The van der Waals surface area contributed by atoms with Gasteiger partial charge in [0.2, 0.25) is 0 Å². The zero-order chi connectivity index (χ0) is 22.1. The van der Waals surface area contributed by atoms with Crippen molar-refractivity contribution in [3.8, 4) is 17.2 Å². The standard InChI is InChI=1S/C24H34N4O3/c1-5-31-21-8-6-7-18(13-21)17-26-24(25-2)27-19-9-11-28(12-10-19)20-14-22(29-3)16-23(15-20)30-4/h6-8,13-16,19H,5,9-12,17H2,1-4H3,(H2,25,26,27). The van der Waals surface area contributed by atoms with E-state index >= 15 is 0 Å². The molecule has 1 heterocycles. The number of anilines is 1. The minimum absolute atomic E-state index is 0.379. The number of benzene rings is 2. The summed E-state index contributed by atoms with van der Waals surface area (Å²) < 4.78 is 16.4. The molecule has 2 aromatic carbocycles. The highest BCUT2D eigenvalue weighted by atomic mass is 16.5. The normalized spacial score (nSPS) is 14.8. The minimum atomic E-state index is 0.379. The number of hydrogen-bond donors (Lipinski definition) is 2. The second-order valence-electron chi connectivity index (χ2n) is 7.48. The molecule has 0 amide bonds. The summed E-state index contributed by atoms with van der Waals surface area (Å²) in [7, 11) is 5.17. The van der Waals surface area contributed by atoms with Crippen LogP contribution in [0.3, 0.4) is 0 Å². The van der Waals surface area contributed by atoms with Gasteiger partial charge in [-0.05, 0) is 37.5 Å². The summed E-state index contributed by atoms with van der Waals surface area (Å²) in [6.45, 7) is 5.28. The minimum Gasteiger partial charge on any atom is -0.497 e. The third-order valence-electron chi connectivity index (χ3n) is 5.43. The van der Waals surface area contributed by atoms with Gasteiger partial charge in [0.1, 0.15) is 17.2 Å². The van der Waals surface area contributed by atoms with Gasteiger partial charge in [0, 0.05) is 56.6 Å². The van der Waals surface area contributed by atoms with Crippen molar-refractivity contribution in [2.45, 2.75) is 32.4 Å². The molecule has 31 heavy (non-hydrogen) atoms. The molecular formula is C24H34N4O3. The Balaban J connectivity index is 1.51. The van der Waals surface area contributed by atoms with Gasteiger partial charge >= 0.3 is 0 Å². The van der Waals surface area contributed by atoms with Gasteiger partial charge in [-0.2, -0.15) is 0 Å². The second-order valence-corrected chi connectivity index (χ2v) is 7.48. The van der Waals surface area contributed by atoms with Gasteiger partial charge < -0.3 is 29.7 Å². The third kappa shape index (κ3) is 6.44. The van der Waals surface area contributed by atoms with E-state index < -0.39 is 0 Å². The first-order chi connectivity index (χ1) is 15.1. The molecule has 0 radical (unpaired) electrons. The predicted molar refractivity (Wildman–Crippen MR) is 126 cm³/mol. The summed E-state index contributed by atoms with van der Waals surface area (Å²) in [6, 6.07) is 14.5. The van der Waals surface area contributed by atoms with E-state index in [0.717, 1.165) is 60.4 Å². The topological polar surface area (TPSA) is 67.4 Å².